The van der Waals surface area contributed by atoms with Crippen molar-refractivity contribution >= 4 is 11.7 Å². The summed E-state index contributed by atoms with van der Waals surface area (Å²) < 4.78 is 5.31. The Labute approximate surface area is 123 Å². The first-order valence-corrected chi connectivity index (χ1v) is 7.04. The highest BCUT2D eigenvalue weighted by Crippen LogP contribution is 2.25. The molecule has 1 amide bonds. The summed E-state index contributed by atoms with van der Waals surface area (Å²) in [6, 6.07) is 3.34. The topological polar surface area (TPSA) is 85.6 Å². The summed E-state index contributed by atoms with van der Waals surface area (Å²) in [7, 11) is 0. The van der Waals surface area contributed by atoms with Crippen LogP contribution in [0.3, 0.4) is 0 Å². The van der Waals surface area contributed by atoms with Crippen LogP contribution in [0.4, 0.5) is 5.82 Å². The van der Waals surface area contributed by atoms with Gasteiger partial charge in [0.15, 0.2) is 6.61 Å². The molecule has 0 radical (unpaired) electrons. The van der Waals surface area contributed by atoms with Gasteiger partial charge in [0.2, 0.25) is 5.75 Å². The summed E-state index contributed by atoms with van der Waals surface area (Å²) in [5.41, 5.74) is 0. The van der Waals surface area contributed by atoms with Gasteiger partial charge in [-0.05, 0) is 55.1 Å². The van der Waals surface area contributed by atoms with Gasteiger partial charge in [0.05, 0.1) is 0 Å². The molecule has 2 unspecified atom stereocenters. The molecule has 0 aromatic carbocycles. The number of amides is 1. The normalized spacial score (nSPS) is 21.9. The van der Waals surface area contributed by atoms with Gasteiger partial charge >= 0.3 is 5.82 Å². The highest BCUT2D eigenvalue weighted by Gasteiger charge is 2.29. The fourth-order valence-corrected chi connectivity index (χ4v) is 2.76. The van der Waals surface area contributed by atoms with Crippen LogP contribution in [0.25, 0.3) is 0 Å². The van der Waals surface area contributed by atoms with Crippen LogP contribution in [0.1, 0.15) is 33.1 Å². The number of hydrogen-bond acceptors (Lipinski definition) is 5. The third-order valence-electron chi connectivity index (χ3n) is 3.76. The molecular formula is C14H19N3O4. The Balaban J connectivity index is 2.02. The van der Waals surface area contributed by atoms with Gasteiger partial charge < -0.3 is 19.8 Å². The van der Waals surface area contributed by atoms with Gasteiger partial charge in [-0.3, -0.25) is 4.79 Å². The molecule has 1 aromatic rings. The zero-order valence-corrected chi connectivity index (χ0v) is 12.2. The lowest BCUT2D eigenvalue weighted by atomic mass is 9.97. The molecular weight excluding hydrogens is 274 g/mol. The second kappa shape index (κ2) is 6.51. The number of nitro groups is 1. The Hall–Kier alpha value is -2.18. The minimum atomic E-state index is -0.619. The molecule has 1 aromatic heterocycles. The maximum Gasteiger partial charge on any atom is 0.406 e. The number of carbonyl (C=O) groups is 1. The smallest absolute Gasteiger partial charge is 0.406 e. The summed E-state index contributed by atoms with van der Waals surface area (Å²) >= 11 is 0. The molecule has 0 spiro atoms. The second-order valence-electron chi connectivity index (χ2n) is 5.30. The summed E-state index contributed by atoms with van der Waals surface area (Å²) in [6.45, 7) is 3.82. The lowest BCUT2D eigenvalue weighted by molar-refractivity contribution is -0.390. The van der Waals surface area contributed by atoms with Gasteiger partial charge in [0.1, 0.15) is 6.20 Å². The summed E-state index contributed by atoms with van der Waals surface area (Å²) in [5, 5.41) is 10.8. The number of pyridine rings is 1. The number of piperidine rings is 1. The molecule has 114 valence electrons. The van der Waals surface area contributed by atoms with E-state index in [0.717, 1.165) is 19.3 Å². The number of hydrogen-bond donors (Lipinski definition) is 0. The first-order valence-electron chi connectivity index (χ1n) is 7.04. The largest absolute Gasteiger partial charge is 0.476 e. The fraction of sp³-hybridized carbons (Fsp3) is 0.571. The second-order valence-corrected chi connectivity index (χ2v) is 5.30. The van der Waals surface area contributed by atoms with Crippen LogP contribution in [0.5, 0.6) is 5.75 Å². The third-order valence-corrected chi connectivity index (χ3v) is 3.76. The molecule has 2 rings (SSSR count). The fourth-order valence-electron chi connectivity index (χ4n) is 2.76. The zero-order valence-electron chi connectivity index (χ0n) is 12.2. The molecule has 0 aliphatic carbocycles. The molecule has 2 heterocycles. The van der Waals surface area contributed by atoms with Gasteiger partial charge in [-0.2, -0.15) is 0 Å². The van der Waals surface area contributed by atoms with Crippen molar-refractivity contribution in [1.29, 1.82) is 0 Å². The average molecular weight is 293 g/mol. The van der Waals surface area contributed by atoms with Crippen molar-refractivity contribution in [1.82, 2.24) is 9.88 Å². The van der Waals surface area contributed by atoms with Crippen molar-refractivity contribution < 1.29 is 14.5 Å². The van der Waals surface area contributed by atoms with Crippen LogP contribution >= 0.6 is 0 Å². The van der Waals surface area contributed by atoms with Crippen LogP contribution < -0.4 is 4.74 Å². The van der Waals surface area contributed by atoms with E-state index in [1.165, 1.54) is 12.3 Å². The molecule has 1 fully saturated rings. The standard InChI is InChI=1S/C14H19N3O4/c1-10-5-3-6-11(2)16(10)13(18)9-21-12-7-4-8-15-14(12)17(19)20/h4,7-8,10-11H,3,5-6,9H2,1-2H3. The van der Waals surface area contributed by atoms with Crippen molar-refractivity contribution in [3.63, 3.8) is 0 Å². The van der Waals surface area contributed by atoms with Crippen LogP contribution in [0.2, 0.25) is 0 Å². The SMILES string of the molecule is CC1CCCC(C)N1C(=O)COc1cccnc1[N+](=O)[O-]. The van der Waals surface area contributed by atoms with Crippen LogP contribution in [0.15, 0.2) is 18.3 Å². The van der Waals surface area contributed by atoms with E-state index in [0.29, 0.717) is 0 Å². The lowest BCUT2D eigenvalue weighted by Gasteiger charge is -2.38. The van der Waals surface area contributed by atoms with Gasteiger partial charge in [0.25, 0.3) is 5.91 Å². The van der Waals surface area contributed by atoms with E-state index in [4.69, 9.17) is 4.74 Å². The minimum Gasteiger partial charge on any atom is -0.476 e. The molecule has 0 bridgehead atoms. The highest BCUT2D eigenvalue weighted by atomic mass is 16.6. The Morgan fingerprint density at radius 3 is 2.76 bits per heavy atom. The molecule has 7 heteroatoms. The minimum absolute atomic E-state index is 0.0214. The molecule has 1 aliphatic heterocycles. The number of carbonyl (C=O) groups excluding carboxylic acids is 1. The van der Waals surface area contributed by atoms with E-state index in [-0.39, 0.29) is 36.2 Å². The number of likely N-dealkylation sites (tertiary alicyclic amines) is 1. The van der Waals surface area contributed by atoms with Crippen molar-refractivity contribution in [2.24, 2.45) is 0 Å². The molecule has 21 heavy (non-hydrogen) atoms. The van der Waals surface area contributed by atoms with Gasteiger partial charge in [-0.15, -0.1) is 0 Å². The molecule has 0 saturated carbocycles. The molecule has 7 nitrogen and oxygen atoms in total. The van der Waals surface area contributed by atoms with Crippen molar-refractivity contribution in [2.45, 2.75) is 45.2 Å². The lowest BCUT2D eigenvalue weighted by Crippen LogP contribution is -2.49. The van der Waals surface area contributed by atoms with Gasteiger partial charge in [-0.1, -0.05) is 0 Å². The molecule has 2 atom stereocenters. The van der Waals surface area contributed by atoms with E-state index in [1.54, 1.807) is 6.07 Å². The van der Waals surface area contributed by atoms with E-state index < -0.39 is 4.92 Å². The Morgan fingerprint density at radius 1 is 1.48 bits per heavy atom. The van der Waals surface area contributed by atoms with E-state index in [9.17, 15) is 14.9 Å². The summed E-state index contributed by atoms with van der Waals surface area (Å²) in [4.78, 5) is 28.0. The Kier molecular flexibility index (Phi) is 4.72. The zero-order chi connectivity index (χ0) is 15.4. The van der Waals surface area contributed by atoms with E-state index in [1.807, 2.05) is 18.7 Å². The molecule has 1 saturated heterocycles. The van der Waals surface area contributed by atoms with Crippen molar-refractivity contribution in [3.8, 4) is 5.75 Å². The number of aromatic nitrogens is 1. The maximum atomic E-state index is 12.3. The summed E-state index contributed by atoms with van der Waals surface area (Å²) in [6.07, 6.45) is 4.38. The molecule has 1 aliphatic rings. The monoisotopic (exact) mass is 293 g/mol. The first kappa shape index (κ1) is 15.2. The maximum absolute atomic E-state index is 12.3. The van der Waals surface area contributed by atoms with Crippen molar-refractivity contribution in [2.75, 3.05) is 6.61 Å². The average Bonchev–Trinajstić information content (AvgIpc) is 2.45. The van der Waals surface area contributed by atoms with Crippen LogP contribution in [0, 0.1) is 10.1 Å². The Bertz CT molecular complexity index is 525. The predicted octanol–water partition coefficient (Wildman–Crippen LogP) is 2.16. The highest BCUT2D eigenvalue weighted by molar-refractivity contribution is 5.78. The third kappa shape index (κ3) is 3.48. The molecule has 0 N–H and O–H groups in total. The number of nitrogens with zero attached hydrogens (tertiary/aromatic N) is 3. The van der Waals surface area contributed by atoms with Gasteiger partial charge in [0, 0.05) is 12.1 Å². The predicted molar refractivity (Wildman–Crippen MR) is 76.0 cm³/mol. The first-order chi connectivity index (χ1) is 10.0. The van der Waals surface area contributed by atoms with E-state index in [2.05, 4.69) is 4.98 Å². The van der Waals surface area contributed by atoms with Crippen molar-refractivity contribution in [3.05, 3.63) is 28.4 Å². The summed E-state index contributed by atoms with van der Waals surface area (Å²) in [5.74, 6) is -0.494. The van der Waals surface area contributed by atoms with Gasteiger partial charge in [-0.25, -0.2) is 0 Å². The Morgan fingerprint density at radius 2 is 2.14 bits per heavy atom. The van der Waals surface area contributed by atoms with Crippen LogP contribution in [-0.2, 0) is 4.79 Å². The number of rotatable bonds is 4. The van der Waals surface area contributed by atoms with E-state index >= 15 is 0 Å². The number of ether oxygens (including phenoxy) is 1. The van der Waals surface area contributed by atoms with Crippen LogP contribution in [-0.4, -0.2) is 39.4 Å². The quantitative estimate of drug-likeness (QED) is 0.627.